The lowest BCUT2D eigenvalue weighted by molar-refractivity contribution is -0.140. The number of amides is 2. The summed E-state index contributed by atoms with van der Waals surface area (Å²) in [4.78, 5) is 31.0. The zero-order chi connectivity index (χ0) is 16.1. The van der Waals surface area contributed by atoms with Crippen molar-refractivity contribution in [2.75, 3.05) is 52.4 Å². The number of nitrogens with zero attached hydrogens (tertiary/aromatic N) is 3. The van der Waals surface area contributed by atoms with Crippen LogP contribution in [0.3, 0.4) is 0 Å². The van der Waals surface area contributed by atoms with Crippen molar-refractivity contribution in [3.05, 3.63) is 0 Å². The Balaban J connectivity index is 0.00000208. The van der Waals surface area contributed by atoms with Gasteiger partial charge in [0.15, 0.2) is 0 Å². The smallest absolute Gasteiger partial charge is 0.242 e. The highest BCUT2D eigenvalue weighted by Gasteiger charge is 2.32. The average Bonchev–Trinajstić information content (AvgIpc) is 3.05. The highest BCUT2D eigenvalue weighted by Crippen LogP contribution is 2.17. The summed E-state index contributed by atoms with van der Waals surface area (Å²) in [6.45, 7) is 6.97. The Morgan fingerprint density at radius 3 is 2.58 bits per heavy atom. The molecule has 3 saturated heterocycles. The maximum absolute atomic E-state index is 12.6. The van der Waals surface area contributed by atoms with Gasteiger partial charge in [-0.2, -0.15) is 0 Å². The van der Waals surface area contributed by atoms with E-state index in [2.05, 4.69) is 10.2 Å². The van der Waals surface area contributed by atoms with Crippen LogP contribution in [0.2, 0.25) is 0 Å². The molecule has 6 nitrogen and oxygen atoms in total. The third-order valence-electron chi connectivity index (χ3n) is 5.43. The molecule has 3 aliphatic heterocycles. The molecule has 3 fully saturated rings. The number of carbonyl (C=O) groups excluding carboxylic acids is 2. The molecule has 0 aliphatic carbocycles. The largest absolute Gasteiger partial charge is 0.340 e. The van der Waals surface area contributed by atoms with Crippen molar-refractivity contribution in [3.63, 3.8) is 0 Å². The Kier molecular flexibility index (Phi) is 7.78. The van der Waals surface area contributed by atoms with Crippen LogP contribution in [-0.2, 0) is 9.59 Å². The monoisotopic (exact) mass is 358 g/mol. The third-order valence-corrected chi connectivity index (χ3v) is 5.43. The average molecular weight is 359 g/mol. The summed E-state index contributed by atoms with van der Waals surface area (Å²) in [6.07, 6.45) is 6.00. The maximum atomic E-state index is 12.6. The summed E-state index contributed by atoms with van der Waals surface area (Å²) in [6, 6.07) is 0.504. The number of rotatable bonds is 3. The van der Waals surface area contributed by atoms with E-state index < -0.39 is 0 Å². The molecule has 1 N–H and O–H groups in total. The van der Waals surface area contributed by atoms with Gasteiger partial charge >= 0.3 is 0 Å². The zero-order valence-electron chi connectivity index (χ0n) is 14.5. The predicted molar refractivity (Wildman–Crippen MR) is 96.3 cm³/mol. The fourth-order valence-electron chi connectivity index (χ4n) is 3.96. The molecular formula is C17H31ClN4O2. The molecule has 0 radical (unpaired) electrons. The van der Waals surface area contributed by atoms with Gasteiger partial charge in [-0.05, 0) is 19.3 Å². The highest BCUT2D eigenvalue weighted by molar-refractivity contribution is 5.85. The summed E-state index contributed by atoms with van der Waals surface area (Å²) in [5.74, 6) is 0.299. The number of piperazine rings is 1. The predicted octanol–water partition coefficient (Wildman–Crippen LogP) is 0.707. The second-order valence-electron chi connectivity index (χ2n) is 7.05. The summed E-state index contributed by atoms with van der Waals surface area (Å²) >= 11 is 0. The summed E-state index contributed by atoms with van der Waals surface area (Å²) < 4.78 is 0. The molecule has 1 unspecified atom stereocenters. The Labute approximate surface area is 151 Å². The Hall–Kier alpha value is -0.850. The number of halogens is 1. The molecular weight excluding hydrogens is 328 g/mol. The lowest BCUT2D eigenvalue weighted by Crippen LogP contribution is -2.50. The number of likely N-dealkylation sites (tertiary alicyclic amines) is 2. The van der Waals surface area contributed by atoms with E-state index in [-0.39, 0.29) is 30.8 Å². The van der Waals surface area contributed by atoms with Gasteiger partial charge in [-0.15, -0.1) is 12.4 Å². The standard InChI is InChI=1S/C17H30N4O2.ClH/c22-16-5-3-1-2-4-9-20(16)14-17(23)21-10-6-15(13-21)19-11-7-18-8-12-19;/h15,18H,1-14H2;1H. The van der Waals surface area contributed by atoms with Gasteiger partial charge in [0.2, 0.25) is 11.8 Å². The zero-order valence-corrected chi connectivity index (χ0v) is 15.4. The van der Waals surface area contributed by atoms with E-state index in [1.54, 1.807) is 4.90 Å². The van der Waals surface area contributed by atoms with E-state index in [1.165, 1.54) is 6.42 Å². The molecule has 3 heterocycles. The number of nitrogens with one attached hydrogen (secondary N) is 1. The first kappa shape index (κ1) is 19.5. The van der Waals surface area contributed by atoms with Crippen LogP contribution in [-0.4, -0.2) is 84.9 Å². The lowest BCUT2D eigenvalue weighted by Gasteiger charge is -2.32. The van der Waals surface area contributed by atoms with Crippen molar-refractivity contribution in [2.24, 2.45) is 0 Å². The molecule has 0 aromatic rings. The number of hydrogen-bond donors (Lipinski definition) is 1. The highest BCUT2D eigenvalue weighted by atomic mass is 35.5. The minimum Gasteiger partial charge on any atom is -0.340 e. The second kappa shape index (κ2) is 9.59. The molecule has 0 aromatic carbocycles. The molecule has 7 heteroatoms. The van der Waals surface area contributed by atoms with Crippen LogP contribution in [0.1, 0.15) is 38.5 Å². The quantitative estimate of drug-likeness (QED) is 0.807. The van der Waals surface area contributed by atoms with Gasteiger partial charge in [0, 0.05) is 58.3 Å². The van der Waals surface area contributed by atoms with Crippen molar-refractivity contribution in [2.45, 2.75) is 44.6 Å². The topological polar surface area (TPSA) is 55.9 Å². The molecule has 1 atom stereocenters. The van der Waals surface area contributed by atoms with Gasteiger partial charge in [0.25, 0.3) is 0 Å². The molecule has 0 saturated carbocycles. The normalized spacial score (nSPS) is 26.7. The Bertz CT molecular complexity index is 429. The molecule has 24 heavy (non-hydrogen) atoms. The van der Waals surface area contributed by atoms with Crippen LogP contribution in [0.5, 0.6) is 0 Å². The first-order valence-electron chi connectivity index (χ1n) is 9.24. The summed E-state index contributed by atoms with van der Waals surface area (Å²) in [7, 11) is 0. The van der Waals surface area contributed by atoms with Gasteiger partial charge in [0.05, 0.1) is 6.54 Å². The van der Waals surface area contributed by atoms with Crippen LogP contribution in [0.25, 0.3) is 0 Å². The van der Waals surface area contributed by atoms with Gasteiger partial charge < -0.3 is 15.1 Å². The summed E-state index contributed by atoms with van der Waals surface area (Å²) in [5.41, 5.74) is 0. The van der Waals surface area contributed by atoms with E-state index in [4.69, 9.17) is 0 Å². The van der Waals surface area contributed by atoms with Gasteiger partial charge in [-0.3, -0.25) is 14.5 Å². The molecule has 2 amide bonds. The van der Waals surface area contributed by atoms with Crippen LogP contribution < -0.4 is 5.32 Å². The van der Waals surface area contributed by atoms with Crippen molar-refractivity contribution in [1.82, 2.24) is 20.0 Å². The molecule has 0 bridgehead atoms. The Morgan fingerprint density at radius 2 is 1.79 bits per heavy atom. The lowest BCUT2D eigenvalue weighted by atomic mass is 10.1. The van der Waals surface area contributed by atoms with Crippen molar-refractivity contribution in [1.29, 1.82) is 0 Å². The maximum Gasteiger partial charge on any atom is 0.242 e. The molecule has 0 spiro atoms. The second-order valence-corrected chi connectivity index (χ2v) is 7.05. The fraction of sp³-hybridized carbons (Fsp3) is 0.882. The third kappa shape index (κ3) is 5.07. The van der Waals surface area contributed by atoms with Crippen LogP contribution in [0.15, 0.2) is 0 Å². The van der Waals surface area contributed by atoms with Gasteiger partial charge in [-0.25, -0.2) is 0 Å². The van der Waals surface area contributed by atoms with Crippen LogP contribution >= 0.6 is 12.4 Å². The molecule has 3 aliphatic rings. The molecule has 3 rings (SSSR count). The van der Waals surface area contributed by atoms with E-state index in [1.807, 2.05) is 4.90 Å². The number of carbonyl (C=O) groups is 2. The van der Waals surface area contributed by atoms with Crippen molar-refractivity contribution < 1.29 is 9.59 Å². The Morgan fingerprint density at radius 1 is 1.04 bits per heavy atom. The van der Waals surface area contributed by atoms with E-state index >= 15 is 0 Å². The summed E-state index contributed by atoms with van der Waals surface area (Å²) in [5, 5.41) is 3.38. The first-order chi connectivity index (χ1) is 11.2. The van der Waals surface area contributed by atoms with Gasteiger partial charge in [-0.1, -0.05) is 12.8 Å². The minimum atomic E-state index is 0. The minimum absolute atomic E-state index is 0. The van der Waals surface area contributed by atoms with Crippen molar-refractivity contribution in [3.8, 4) is 0 Å². The van der Waals surface area contributed by atoms with E-state index in [9.17, 15) is 9.59 Å². The number of hydrogen-bond acceptors (Lipinski definition) is 4. The molecule has 0 aromatic heterocycles. The van der Waals surface area contributed by atoms with Gasteiger partial charge in [0.1, 0.15) is 0 Å². The van der Waals surface area contributed by atoms with Crippen molar-refractivity contribution >= 4 is 24.2 Å². The van der Waals surface area contributed by atoms with Crippen LogP contribution in [0.4, 0.5) is 0 Å². The van der Waals surface area contributed by atoms with E-state index in [0.29, 0.717) is 12.5 Å². The SMILES string of the molecule is Cl.O=C1CCCCCCN1CC(=O)N1CCC(N2CCNCC2)C1. The van der Waals surface area contributed by atoms with E-state index in [0.717, 1.165) is 71.5 Å². The molecule has 138 valence electrons. The first-order valence-corrected chi connectivity index (χ1v) is 9.24. The fourth-order valence-corrected chi connectivity index (χ4v) is 3.96. The van der Waals surface area contributed by atoms with Crippen LogP contribution in [0, 0.1) is 0 Å².